The molecule has 0 aliphatic rings. The van der Waals surface area contributed by atoms with E-state index in [0.29, 0.717) is 26.1 Å². The highest BCUT2D eigenvalue weighted by atomic mass is 35.5. The van der Waals surface area contributed by atoms with E-state index in [9.17, 15) is 4.21 Å². The van der Waals surface area contributed by atoms with E-state index >= 15 is 0 Å². The van der Waals surface area contributed by atoms with Crippen molar-refractivity contribution in [1.82, 2.24) is 4.98 Å². The van der Waals surface area contributed by atoms with Crippen molar-refractivity contribution in [3.63, 3.8) is 0 Å². The van der Waals surface area contributed by atoms with Crippen LogP contribution in [0.5, 0.6) is 0 Å². The van der Waals surface area contributed by atoms with Gasteiger partial charge in [0.2, 0.25) is 0 Å². The Morgan fingerprint density at radius 2 is 1.64 bits per heavy atom. The Bertz CT molecular complexity index is 930. The highest BCUT2D eigenvalue weighted by molar-refractivity contribution is 8.01. The van der Waals surface area contributed by atoms with Crippen LogP contribution < -0.4 is 4.72 Å². The van der Waals surface area contributed by atoms with E-state index in [2.05, 4.69) is 15.6 Å². The summed E-state index contributed by atoms with van der Waals surface area (Å²) in [6.45, 7) is 0. The molecule has 1 unspecified atom stereocenters. The summed E-state index contributed by atoms with van der Waals surface area (Å²) < 4.78 is 16.0. The standard InChI is InChI=1S/C16H12Cl2N2OS/c1-22(21,16-12(17)7-3-8-13(16)18)20-14-9-2-5-11-6-4-10-19-15(11)14/h2-10H,1H2,(H,20,21). The van der Waals surface area contributed by atoms with Crippen molar-refractivity contribution in [1.29, 1.82) is 0 Å². The molecular formula is C16H12Cl2N2OS. The quantitative estimate of drug-likeness (QED) is 0.699. The van der Waals surface area contributed by atoms with Crippen LogP contribution in [-0.4, -0.2) is 15.1 Å². The molecule has 0 saturated heterocycles. The van der Waals surface area contributed by atoms with Crippen LogP contribution in [0.4, 0.5) is 5.69 Å². The normalized spacial score (nSPS) is 13.7. The van der Waals surface area contributed by atoms with Gasteiger partial charge in [0.1, 0.15) is 0 Å². The molecule has 0 fully saturated rings. The maximum Gasteiger partial charge on any atom is 0.0942 e. The van der Waals surface area contributed by atoms with Crippen LogP contribution in [-0.2, 0) is 9.71 Å². The summed E-state index contributed by atoms with van der Waals surface area (Å²) >= 11 is 12.3. The number of para-hydroxylation sites is 1. The minimum atomic E-state index is -2.92. The summed E-state index contributed by atoms with van der Waals surface area (Å²) in [6, 6.07) is 14.3. The number of pyridine rings is 1. The van der Waals surface area contributed by atoms with Gasteiger partial charge in [-0.1, -0.05) is 47.5 Å². The van der Waals surface area contributed by atoms with Gasteiger partial charge in [-0.3, -0.25) is 4.98 Å². The van der Waals surface area contributed by atoms with E-state index in [-0.39, 0.29) is 0 Å². The van der Waals surface area contributed by atoms with Gasteiger partial charge in [0, 0.05) is 11.6 Å². The molecule has 0 spiro atoms. The van der Waals surface area contributed by atoms with Crippen LogP contribution in [0.25, 0.3) is 10.9 Å². The molecule has 1 atom stereocenters. The third-order valence-corrected chi connectivity index (χ3v) is 5.66. The van der Waals surface area contributed by atoms with Gasteiger partial charge >= 0.3 is 0 Å². The summed E-state index contributed by atoms with van der Waals surface area (Å²) in [5.74, 6) is 3.78. The molecule has 0 aliphatic heterocycles. The molecule has 3 aromatic rings. The van der Waals surface area contributed by atoms with Crippen molar-refractivity contribution >= 4 is 55.4 Å². The minimum absolute atomic E-state index is 0.297. The Kier molecular flexibility index (Phi) is 4.00. The average Bonchev–Trinajstić information content (AvgIpc) is 2.47. The Hall–Kier alpha value is -1.75. The Balaban J connectivity index is 2.12. The fourth-order valence-electron chi connectivity index (χ4n) is 2.21. The van der Waals surface area contributed by atoms with E-state index in [1.165, 1.54) is 0 Å². The summed E-state index contributed by atoms with van der Waals surface area (Å²) in [7, 11) is -2.92. The number of nitrogens with zero attached hydrogens (tertiary/aromatic N) is 1. The second-order valence-corrected chi connectivity index (χ2v) is 7.49. The number of benzene rings is 2. The van der Waals surface area contributed by atoms with Crippen LogP contribution in [0.15, 0.2) is 59.6 Å². The zero-order valence-electron chi connectivity index (χ0n) is 11.4. The molecule has 0 radical (unpaired) electrons. The molecule has 3 rings (SSSR count). The Labute approximate surface area is 139 Å². The number of fused-ring (bicyclic) bond motifs is 1. The third-order valence-electron chi connectivity index (χ3n) is 3.16. The number of halogens is 2. The zero-order chi connectivity index (χ0) is 15.7. The van der Waals surface area contributed by atoms with Crippen LogP contribution >= 0.6 is 23.2 Å². The summed E-state index contributed by atoms with van der Waals surface area (Å²) in [5.41, 5.74) is 1.33. The molecule has 6 heteroatoms. The fourth-order valence-corrected chi connectivity index (χ4v) is 4.75. The lowest BCUT2D eigenvalue weighted by Crippen LogP contribution is -2.14. The lowest BCUT2D eigenvalue weighted by Gasteiger charge is -2.16. The number of hydrogen-bond acceptors (Lipinski definition) is 2. The lowest BCUT2D eigenvalue weighted by atomic mass is 10.2. The monoisotopic (exact) mass is 350 g/mol. The second kappa shape index (κ2) is 5.80. The number of anilines is 1. The average molecular weight is 351 g/mol. The SMILES string of the molecule is C=S(=O)(Nc1cccc2cccnc12)c1c(Cl)cccc1Cl. The largest absolute Gasteiger partial charge is 0.307 e. The van der Waals surface area contributed by atoms with Gasteiger partial charge in [0.15, 0.2) is 0 Å². The van der Waals surface area contributed by atoms with Crippen LogP contribution in [0.1, 0.15) is 0 Å². The molecule has 22 heavy (non-hydrogen) atoms. The van der Waals surface area contributed by atoms with Crippen LogP contribution in [0.3, 0.4) is 0 Å². The van der Waals surface area contributed by atoms with E-state index in [4.69, 9.17) is 23.2 Å². The maximum absolute atomic E-state index is 13.0. The van der Waals surface area contributed by atoms with Crippen molar-refractivity contribution in [2.24, 2.45) is 0 Å². The molecule has 1 aromatic heterocycles. The second-order valence-electron chi connectivity index (χ2n) is 4.71. The fraction of sp³-hybridized carbons (Fsp3) is 0. The van der Waals surface area contributed by atoms with Crippen molar-refractivity contribution in [3.8, 4) is 0 Å². The smallest absolute Gasteiger partial charge is 0.0942 e. The first kappa shape index (κ1) is 15.2. The van der Waals surface area contributed by atoms with Gasteiger partial charge in [0.05, 0.1) is 35.9 Å². The first-order valence-corrected chi connectivity index (χ1v) is 8.90. The minimum Gasteiger partial charge on any atom is -0.307 e. The number of hydrogen-bond donors (Lipinski definition) is 1. The van der Waals surface area contributed by atoms with Gasteiger partial charge in [0.25, 0.3) is 0 Å². The van der Waals surface area contributed by atoms with E-state index in [0.717, 1.165) is 5.39 Å². The maximum atomic E-state index is 13.0. The van der Waals surface area contributed by atoms with Crippen LogP contribution in [0, 0.1) is 0 Å². The third kappa shape index (κ3) is 2.77. The summed E-state index contributed by atoms with van der Waals surface area (Å²) in [4.78, 5) is 4.62. The predicted octanol–water partition coefficient (Wildman–Crippen LogP) is 4.64. The van der Waals surface area contributed by atoms with E-state index in [1.54, 1.807) is 30.5 Å². The van der Waals surface area contributed by atoms with Crippen molar-refractivity contribution in [2.75, 3.05) is 4.72 Å². The molecular weight excluding hydrogens is 339 g/mol. The van der Waals surface area contributed by atoms with Crippen molar-refractivity contribution < 1.29 is 4.21 Å². The molecule has 0 saturated carbocycles. The summed E-state index contributed by atoms with van der Waals surface area (Å²) in [6.07, 6.45) is 1.68. The Morgan fingerprint density at radius 1 is 1.00 bits per heavy atom. The van der Waals surface area contributed by atoms with Gasteiger partial charge in [-0.2, -0.15) is 0 Å². The first-order chi connectivity index (χ1) is 10.5. The summed E-state index contributed by atoms with van der Waals surface area (Å²) in [5, 5.41) is 1.56. The van der Waals surface area contributed by atoms with Crippen molar-refractivity contribution in [3.05, 3.63) is 64.8 Å². The lowest BCUT2D eigenvalue weighted by molar-refractivity contribution is 0.684. The van der Waals surface area contributed by atoms with Gasteiger partial charge < -0.3 is 4.72 Å². The highest BCUT2D eigenvalue weighted by Crippen LogP contribution is 2.31. The van der Waals surface area contributed by atoms with E-state index < -0.39 is 9.71 Å². The predicted molar refractivity (Wildman–Crippen MR) is 95.4 cm³/mol. The highest BCUT2D eigenvalue weighted by Gasteiger charge is 2.17. The van der Waals surface area contributed by atoms with Gasteiger partial charge in [-0.25, -0.2) is 4.21 Å². The number of nitrogens with one attached hydrogen (secondary N) is 1. The van der Waals surface area contributed by atoms with E-state index in [1.807, 2.05) is 24.3 Å². The molecule has 1 heterocycles. The molecule has 0 aliphatic carbocycles. The molecule has 1 N–H and O–H groups in total. The molecule has 2 aromatic carbocycles. The van der Waals surface area contributed by atoms with Crippen molar-refractivity contribution in [2.45, 2.75) is 4.90 Å². The van der Waals surface area contributed by atoms with Gasteiger partial charge in [-0.05, 0) is 30.1 Å². The first-order valence-electron chi connectivity index (χ1n) is 6.42. The molecule has 3 nitrogen and oxygen atoms in total. The zero-order valence-corrected chi connectivity index (χ0v) is 13.8. The Morgan fingerprint density at radius 3 is 2.36 bits per heavy atom. The van der Waals surface area contributed by atoms with Gasteiger partial charge in [-0.15, -0.1) is 0 Å². The molecule has 0 amide bonds. The molecule has 112 valence electrons. The molecule has 0 bridgehead atoms. The topological polar surface area (TPSA) is 42.0 Å². The number of aromatic nitrogens is 1. The van der Waals surface area contributed by atoms with Crippen LogP contribution in [0.2, 0.25) is 10.0 Å². The number of rotatable bonds is 3.